The van der Waals surface area contributed by atoms with E-state index in [1.54, 1.807) is 12.2 Å². The van der Waals surface area contributed by atoms with Gasteiger partial charge in [0.25, 0.3) is 0 Å². The molecule has 1 aliphatic rings. The van der Waals surface area contributed by atoms with Crippen molar-refractivity contribution in [2.24, 2.45) is 11.3 Å². The molecule has 2 unspecified atom stereocenters. The molecule has 0 bridgehead atoms. The molecule has 2 N–H and O–H groups in total. The van der Waals surface area contributed by atoms with Crippen LogP contribution in [0.1, 0.15) is 41.0 Å². The first-order valence-corrected chi connectivity index (χ1v) is 8.02. The van der Waals surface area contributed by atoms with Crippen molar-refractivity contribution in [2.45, 2.75) is 51.8 Å². The van der Waals surface area contributed by atoms with Gasteiger partial charge in [0.1, 0.15) is 10.2 Å². The predicted octanol–water partition coefficient (Wildman–Crippen LogP) is 2.65. The molecule has 1 aliphatic carbocycles. The number of hydrogen-bond donors (Lipinski definition) is 2. The normalized spacial score (nSPS) is 25.8. The Bertz CT molecular complexity index is 412. The van der Waals surface area contributed by atoms with E-state index >= 15 is 0 Å². The fourth-order valence-electron chi connectivity index (χ4n) is 2.29. The molecular formula is C15H25NO3S. The third kappa shape index (κ3) is 3.65. The van der Waals surface area contributed by atoms with Crippen LogP contribution in [0.5, 0.6) is 0 Å². The number of carboxylic acids is 1. The first-order chi connectivity index (χ1) is 9.11. The summed E-state index contributed by atoms with van der Waals surface area (Å²) in [6.45, 7) is 9.52. The highest BCUT2D eigenvalue weighted by Crippen LogP contribution is 2.37. The first-order valence-electron chi connectivity index (χ1n) is 6.87. The van der Waals surface area contributed by atoms with Gasteiger partial charge < -0.3 is 9.66 Å². The van der Waals surface area contributed by atoms with Gasteiger partial charge in [0.2, 0.25) is 0 Å². The quantitative estimate of drug-likeness (QED) is 0.766. The summed E-state index contributed by atoms with van der Waals surface area (Å²) >= 11 is -1.30. The van der Waals surface area contributed by atoms with Crippen molar-refractivity contribution >= 4 is 17.3 Å². The second-order valence-corrected chi connectivity index (χ2v) is 8.56. The van der Waals surface area contributed by atoms with Crippen LogP contribution in [-0.4, -0.2) is 26.4 Å². The number of rotatable bonds is 5. The minimum atomic E-state index is -1.30. The number of nitrogens with one attached hydrogen (secondary N) is 1. The van der Waals surface area contributed by atoms with Crippen LogP contribution in [0.25, 0.3) is 0 Å². The highest BCUT2D eigenvalue weighted by molar-refractivity contribution is 7.90. The Morgan fingerprint density at radius 1 is 1.40 bits per heavy atom. The molecule has 5 heteroatoms. The van der Waals surface area contributed by atoms with E-state index in [1.165, 1.54) is 0 Å². The molecule has 0 aromatic rings. The molecule has 0 aromatic carbocycles. The molecule has 0 saturated heterocycles. The van der Waals surface area contributed by atoms with Crippen LogP contribution in [0, 0.1) is 11.3 Å². The van der Waals surface area contributed by atoms with Crippen LogP contribution in [-0.2, 0) is 16.2 Å². The Labute approximate surface area is 124 Å². The standard InChI is InChI=1S/C15H25NO3S/c1-11(2)12(16-20(19)14(3,4)5)15(13(17)18)9-7-6-8-10-15/h6-9,11-12,16H,10H2,1-5H3,(H,17,18)/t12?,15-,20?/m1/s1. The summed E-state index contributed by atoms with van der Waals surface area (Å²) in [6, 6.07) is -0.388. The molecule has 4 nitrogen and oxygen atoms in total. The monoisotopic (exact) mass is 299 g/mol. The lowest BCUT2D eigenvalue weighted by atomic mass is 9.71. The van der Waals surface area contributed by atoms with Gasteiger partial charge in [-0.25, -0.2) is 0 Å². The molecule has 0 radical (unpaired) electrons. The van der Waals surface area contributed by atoms with Gasteiger partial charge in [-0.05, 0) is 33.1 Å². The number of carbonyl (C=O) groups is 1. The summed E-state index contributed by atoms with van der Waals surface area (Å²) in [5, 5.41) is 9.70. The lowest BCUT2D eigenvalue weighted by Crippen LogP contribution is -2.56. The van der Waals surface area contributed by atoms with E-state index in [1.807, 2.05) is 46.8 Å². The molecule has 0 aliphatic heterocycles. The van der Waals surface area contributed by atoms with Crippen molar-refractivity contribution in [1.82, 2.24) is 4.72 Å². The topological polar surface area (TPSA) is 72.4 Å². The molecule has 0 spiro atoms. The third-order valence-electron chi connectivity index (χ3n) is 3.51. The average molecular weight is 299 g/mol. The van der Waals surface area contributed by atoms with Crippen molar-refractivity contribution in [3.63, 3.8) is 0 Å². The molecule has 0 heterocycles. The third-order valence-corrected chi connectivity index (χ3v) is 5.09. The van der Waals surface area contributed by atoms with Crippen molar-refractivity contribution < 1.29 is 14.5 Å². The van der Waals surface area contributed by atoms with Crippen LogP contribution >= 0.6 is 0 Å². The van der Waals surface area contributed by atoms with E-state index in [-0.39, 0.29) is 12.0 Å². The smallest absolute Gasteiger partial charge is 0.315 e. The molecule has 0 saturated carbocycles. The number of allylic oxidation sites excluding steroid dienone is 3. The van der Waals surface area contributed by atoms with Gasteiger partial charge in [-0.3, -0.25) is 4.79 Å². The lowest BCUT2D eigenvalue weighted by molar-refractivity contribution is -0.148. The number of carboxylic acid groups (broad SMARTS) is 1. The maximum Gasteiger partial charge on any atom is 0.315 e. The fraction of sp³-hybridized carbons (Fsp3) is 0.667. The maximum atomic E-state index is 12.4. The second-order valence-electron chi connectivity index (χ2n) is 6.56. The van der Waals surface area contributed by atoms with E-state index in [2.05, 4.69) is 4.72 Å². The van der Waals surface area contributed by atoms with Crippen LogP contribution in [0.15, 0.2) is 24.3 Å². The van der Waals surface area contributed by atoms with Crippen LogP contribution in [0.4, 0.5) is 0 Å². The second kappa shape index (κ2) is 6.33. The van der Waals surface area contributed by atoms with Gasteiger partial charge in [-0.1, -0.05) is 38.2 Å². The summed E-state index contributed by atoms with van der Waals surface area (Å²) in [4.78, 5) is 11.8. The Hall–Kier alpha value is -0.780. The average Bonchev–Trinajstić information content (AvgIpc) is 2.34. The van der Waals surface area contributed by atoms with E-state index in [0.29, 0.717) is 6.42 Å². The summed E-state index contributed by atoms with van der Waals surface area (Å²) in [7, 11) is 0. The van der Waals surface area contributed by atoms with Gasteiger partial charge in [0.15, 0.2) is 0 Å². The molecular weight excluding hydrogens is 274 g/mol. The van der Waals surface area contributed by atoms with Crippen LogP contribution in [0.2, 0.25) is 0 Å². The predicted molar refractivity (Wildman–Crippen MR) is 82.6 cm³/mol. The van der Waals surface area contributed by atoms with E-state index in [9.17, 15) is 14.5 Å². The molecule has 1 rings (SSSR count). The summed E-state index contributed by atoms with van der Waals surface area (Å²) in [5.74, 6) is -0.830. The molecule has 20 heavy (non-hydrogen) atoms. The van der Waals surface area contributed by atoms with Gasteiger partial charge >= 0.3 is 5.97 Å². The van der Waals surface area contributed by atoms with Gasteiger partial charge in [0, 0.05) is 11.4 Å². The minimum absolute atomic E-state index is 0.0496. The van der Waals surface area contributed by atoms with Crippen LogP contribution in [0.3, 0.4) is 0 Å². The Balaban J connectivity index is 3.08. The minimum Gasteiger partial charge on any atom is -0.598 e. The summed E-state index contributed by atoms with van der Waals surface area (Å²) in [5.41, 5.74) is -1.04. The Morgan fingerprint density at radius 3 is 2.35 bits per heavy atom. The number of aliphatic carboxylic acids is 1. The van der Waals surface area contributed by atoms with Gasteiger partial charge in [-0.15, -0.1) is 4.72 Å². The summed E-state index contributed by atoms with van der Waals surface area (Å²) < 4.78 is 15.0. The molecule has 0 aromatic heterocycles. The number of hydrogen-bond acceptors (Lipinski definition) is 3. The Kier molecular flexibility index (Phi) is 5.46. The summed E-state index contributed by atoms with van der Waals surface area (Å²) in [6.07, 6.45) is 7.59. The van der Waals surface area contributed by atoms with Crippen molar-refractivity contribution in [2.75, 3.05) is 0 Å². The van der Waals surface area contributed by atoms with E-state index < -0.39 is 27.5 Å². The lowest BCUT2D eigenvalue weighted by Gasteiger charge is -2.39. The Morgan fingerprint density at radius 2 is 2.00 bits per heavy atom. The highest BCUT2D eigenvalue weighted by Gasteiger charge is 2.48. The zero-order valence-electron chi connectivity index (χ0n) is 12.8. The maximum absolute atomic E-state index is 12.4. The highest BCUT2D eigenvalue weighted by atomic mass is 32.2. The fourth-order valence-corrected chi connectivity index (χ4v) is 3.35. The zero-order chi connectivity index (χ0) is 15.6. The molecule has 0 amide bonds. The molecule has 3 atom stereocenters. The van der Waals surface area contributed by atoms with Crippen LogP contribution < -0.4 is 4.72 Å². The zero-order valence-corrected chi connectivity index (χ0v) is 13.7. The van der Waals surface area contributed by atoms with Crippen molar-refractivity contribution in [3.8, 4) is 0 Å². The van der Waals surface area contributed by atoms with E-state index in [0.717, 1.165) is 0 Å². The largest absolute Gasteiger partial charge is 0.598 e. The van der Waals surface area contributed by atoms with Gasteiger partial charge in [0.05, 0.1) is 6.04 Å². The SMILES string of the molecule is CC(C)C(N[S+]([O-])C(C)(C)C)[C@@]1(C(=O)O)C=CC=CC1. The van der Waals surface area contributed by atoms with Gasteiger partial charge in [-0.2, -0.15) is 0 Å². The van der Waals surface area contributed by atoms with Crippen molar-refractivity contribution in [3.05, 3.63) is 24.3 Å². The van der Waals surface area contributed by atoms with E-state index in [4.69, 9.17) is 0 Å². The van der Waals surface area contributed by atoms with Crippen molar-refractivity contribution in [1.29, 1.82) is 0 Å². The first kappa shape index (κ1) is 17.3. The molecule has 0 fully saturated rings. The molecule has 114 valence electrons.